The van der Waals surface area contributed by atoms with Gasteiger partial charge in [-0.2, -0.15) is 5.26 Å². The van der Waals surface area contributed by atoms with Crippen LogP contribution >= 0.6 is 11.6 Å². The molecule has 0 bridgehead atoms. The van der Waals surface area contributed by atoms with Gasteiger partial charge in [-0.25, -0.2) is 4.98 Å². The number of carbonyl (C=O) groups excluding carboxylic acids is 1. The lowest BCUT2D eigenvalue weighted by Crippen LogP contribution is -2.20. The number of rotatable bonds is 4. The number of amides is 1. The van der Waals surface area contributed by atoms with Gasteiger partial charge in [0.1, 0.15) is 24.0 Å². The van der Waals surface area contributed by atoms with Gasteiger partial charge in [0.15, 0.2) is 0 Å². The molecule has 0 radical (unpaired) electrons. The van der Waals surface area contributed by atoms with Crippen LogP contribution in [0, 0.1) is 11.3 Å². The molecule has 0 atom stereocenters. The number of aryl methyl sites for hydroxylation is 1. The molecule has 3 aromatic heterocycles. The number of aromatic hydroxyl groups is 1. The molecule has 31 heavy (non-hydrogen) atoms. The van der Waals surface area contributed by atoms with E-state index in [1.165, 1.54) is 35.4 Å². The average molecular weight is 435 g/mol. The second kappa shape index (κ2) is 7.93. The molecule has 0 saturated heterocycles. The highest BCUT2D eigenvalue weighted by molar-refractivity contribution is 6.33. The normalized spacial score (nSPS) is 10.7. The van der Waals surface area contributed by atoms with E-state index in [9.17, 15) is 20.0 Å². The standard InChI is InChI=1S/C21H15ClN6O3/c1-27-11-25-20-19(21(27)31)14(12-2-3-17(29)13(6-12)7-23)9-28(20)10-18(30)26-16-4-5-24-8-15(16)22/h2-6,8-9,11,29H,10H2,1H3,(H,24,26,30). The number of pyridine rings is 1. The van der Waals surface area contributed by atoms with E-state index >= 15 is 0 Å². The van der Waals surface area contributed by atoms with Gasteiger partial charge < -0.3 is 19.6 Å². The summed E-state index contributed by atoms with van der Waals surface area (Å²) >= 11 is 6.04. The summed E-state index contributed by atoms with van der Waals surface area (Å²) in [5.74, 6) is -0.530. The van der Waals surface area contributed by atoms with Crippen LogP contribution in [0.25, 0.3) is 22.2 Å². The second-order valence-electron chi connectivity index (χ2n) is 6.78. The van der Waals surface area contributed by atoms with Crippen LogP contribution < -0.4 is 10.9 Å². The first kappa shape index (κ1) is 20.1. The van der Waals surface area contributed by atoms with Crippen molar-refractivity contribution >= 4 is 34.2 Å². The van der Waals surface area contributed by atoms with Crippen molar-refractivity contribution in [3.63, 3.8) is 0 Å². The Morgan fingerprint density at radius 3 is 2.90 bits per heavy atom. The van der Waals surface area contributed by atoms with E-state index in [1.54, 1.807) is 29.9 Å². The Labute approximate surface area is 180 Å². The first-order valence-corrected chi connectivity index (χ1v) is 9.44. The molecular formula is C21H15ClN6O3. The highest BCUT2D eigenvalue weighted by Gasteiger charge is 2.18. The maximum Gasteiger partial charge on any atom is 0.263 e. The lowest BCUT2D eigenvalue weighted by atomic mass is 10.0. The summed E-state index contributed by atoms with van der Waals surface area (Å²) < 4.78 is 2.88. The predicted molar refractivity (Wildman–Crippen MR) is 115 cm³/mol. The van der Waals surface area contributed by atoms with E-state index in [0.717, 1.165) is 0 Å². The second-order valence-corrected chi connectivity index (χ2v) is 7.18. The molecule has 0 saturated carbocycles. The minimum absolute atomic E-state index is 0.0733. The van der Waals surface area contributed by atoms with Crippen molar-refractivity contribution in [3.8, 4) is 22.9 Å². The molecule has 154 valence electrons. The predicted octanol–water partition coefficient (Wildman–Crippen LogP) is 2.67. The highest BCUT2D eigenvalue weighted by Crippen LogP contribution is 2.30. The van der Waals surface area contributed by atoms with Crippen molar-refractivity contribution in [1.29, 1.82) is 5.26 Å². The summed E-state index contributed by atoms with van der Waals surface area (Å²) in [4.78, 5) is 33.7. The molecule has 10 heteroatoms. The summed E-state index contributed by atoms with van der Waals surface area (Å²) in [5, 5.41) is 22.3. The van der Waals surface area contributed by atoms with Crippen molar-refractivity contribution in [3.05, 3.63) is 70.1 Å². The van der Waals surface area contributed by atoms with Gasteiger partial charge in [-0.1, -0.05) is 17.7 Å². The Hall–Kier alpha value is -4.16. The van der Waals surface area contributed by atoms with Gasteiger partial charge in [0, 0.05) is 31.2 Å². The molecule has 9 nitrogen and oxygen atoms in total. The number of fused-ring (bicyclic) bond motifs is 1. The number of carbonyl (C=O) groups is 1. The van der Waals surface area contributed by atoms with E-state index in [2.05, 4.69) is 15.3 Å². The molecule has 0 unspecified atom stereocenters. The number of aromatic nitrogens is 4. The molecule has 0 aliphatic heterocycles. The third-order valence-electron chi connectivity index (χ3n) is 4.73. The molecule has 0 aliphatic carbocycles. The minimum Gasteiger partial charge on any atom is -0.507 e. The molecule has 3 heterocycles. The summed E-state index contributed by atoms with van der Waals surface area (Å²) in [5.41, 5.74) is 1.54. The Balaban J connectivity index is 1.80. The zero-order valence-corrected chi connectivity index (χ0v) is 17.0. The van der Waals surface area contributed by atoms with Crippen molar-refractivity contribution in [2.24, 2.45) is 7.05 Å². The molecule has 1 aromatic carbocycles. The average Bonchev–Trinajstić information content (AvgIpc) is 3.11. The van der Waals surface area contributed by atoms with Crippen LogP contribution in [0.5, 0.6) is 5.75 Å². The van der Waals surface area contributed by atoms with Crippen molar-refractivity contribution in [2.75, 3.05) is 5.32 Å². The van der Waals surface area contributed by atoms with Crippen molar-refractivity contribution in [2.45, 2.75) is 6.54 Å². The van der Waals surface area contributed by atoms with Gasteiger partial charge in [-0.05, 0) is 23.8 Å². The van der Waals surface area contributed by atoms with Crippen LogP contribution in [0.2, 0.25) is 5.02 Å². The number of nitriles is 1. The number of hydrogen-bond donors (Lipinski definition) is 2. The first-order chi connectivity index (χ1) is 14.9. The molecular weight excluding hydrogens is 420 g/mol. The van der Waals surface area contributed by atoms with Crippen molar-refractivity contribution < 1.29 is 9.90 Å². The van der Waals surface area contributed by atoms with E-state index in [4.69, 9.17) is 11.6 Å². The molecule has 2 N–H and O–H groups in total. The van der Waals surface area contributed by atoms with E-state index in [0.29, 0.717) is 32.9 Å². The lowest BCUT2D eigenvalue weighted by Gasteiger charge is -2.08. The van der Waals surface area contributed by atoms with Crippen LogP contribution in [0.4, 0.5) is 5.69 Å². The SMILES string of the molecule is Cn1cnc2c(c(-c3ccc(O)c(C#N)c3)cn2CC(=O)Nc2ccncc2Cl)c1=O. The summed E-state index contributed by atoms with van der Waals surface area (Å²) in [6.07, 6.45) is 5.93. The summed E-state index contributed by atoms with van der Waals surface area (Å²) in [6, 6.07) is 7.95. The molecule has 0 spiro atoms. The molecule has 4 rings (SSSR count). The third kappa shape index (κ3) is 3.72. The number of halogens is 1. The molecule has 4 aromatic rings. The third-order valence-corrected chi connectivity index (χ3v) is 5.03. The van der Waals surface area contributed by atoms with Crippen LogP contribution in [-0.2, 0) is 18.4 Å². The fourth-order valence-corrected chi connectivity index (χ4v) is 3.39. The maximum atomic E-state index is 12.8. The number of benzene rings is 1. The van der Waals surface area contributed by atoms with Gasteiger partial charge in [0.05, 0.1) is 28.0 Å². The summed E-state index contributed by atoms with van der Waals surface area (Å²) in [6.45, 7) is -0.126. The zero-order valence-electron chi connectivity index (χ0n) is 16.2. The topological polar surface area (TPSA) is 126 Å². The molecule has 0 aliphatic rings. The van der Waals surface area contributed by atoms with E-state index in [-0.39, 0.29) is 29.3 Å². The number of nitrogens with one attached hydrogen (secondary N) is 1. The van der Waals surface area contributed by atoms with Gasteiger partial charge in [0.2, 0.25) is 5.91 Å². The van der Waals surface area contributed by atoms with Crippen LogP contribution in [0.3, 0.4) is 0 Å². The van der Waals surface area contributed by atoms with Gasteiger partial charge in [-0.3, -0.25) is 14.6 Å². The molecule has 1 amide bonds. The van der Waals surface area contributed by atoms with Gasteiger partial charge >= 0.3 is 0 Å². The Morgan fingerprint density at radius 1 is 1.35 bits per heavy atom. The quantitative estimate of drug-likeness (QED) is 0.508. The highest BCUT2D eigenvalue weighted by atomic mass is 35.5. The smallest absolute Gasteiger partial charge is 0.263 e. The number of phenolic OH excluding ortho intramolecular Hbond substituents is 1. The van der Waals surface area contributed by atoms with Crippen LogP contribution in [0.15, 0.2) is 54.0 Å². The van der Waals surface area contributed by atoms with E-state index < -0.39 is 0 Å². The Kier molecular flexibility index (Phi) is 5.15. The van der Waals surface area contributed by atoms with Gasteiger partial charge in [-0.15, -0.1) is 0 Å². The van der Waals surface area contributed by atoms with Gasteiger partial charge in [0.25, 0.3) is 5.56 Å². The number of nitrogens with zero attached hydrogens (tertiary/aromatic N) is 5. The first-order valence-electron chi connectivity index (χ1n) is 9.06. The van der Waals surface area contributed by atoms with Crippen LogP contribution in [-0.4, -0.2) is 30.1 Å². The maximum absolute atomic E-state index is 12.8. The number of phenols is 1. The molecule has 0 fully saturated rings. The number of anilines is 1. The monoisotopic (exact) mass is 434 g/mol. The number of hydrogen-bond acceptors (Lipinski definition) is 6. The summed E-state index contributed by atoms with van der Waals surface area (Å²) in [7, 11) is 1.57. The Morgan fingerprint density at radius 2 is 2.16 bits per heavy atom. The van der Waals surface area contributed by atoms with Crippen LogP contribution in [0.1, 0.15) is 5.56 Å². The lowest BCUT2D eigenvalue weighted by molar-refractivity contribution is -0.116. The minimum atomic E-state index is -0.373. The van der Waals surface area contributed by atoms with Crippen molar-refractivity contribution in [1.82, 2.24) is 19.1 Å². The Bertz CT molecular complexity index is 1430. The fourth-order valence-electron chi connectivity index (χ4n) is 3.22. The fraction of sp³-hybridized carbons (Fsp3) is 0.0952. The van der Waals surface area contributed by atoms with E-state index in [1.807, 2.05) is 6.07 Å². The largest absolute Gasteiger partial charge is 0.507 e. The zero-order chi connectivity index (χ0) is 22.1.